The Kier molecular flexibility index (Phi) is 6.16. The molecule has 2 aromatic rings. The average Bonchev–Trinajstić information content (AvgIpc) is 2.50. The number of halogens is 2. The first-order valence-corrected chi connectivity index (χ1v) is 8.20. The third-order valence-corrected chi connectivity index (χ3v) is 3.85. The van der Waals surface area contributed by atoms with Crippen molar-refractivity contribution in [3.05, 3.63) is 57.8 Å². The quantitative estimate of drug-likeness (QED) is 0.716. The number of hydrogen-bond acceptors (Lipinski definition) is 2. The first-order chi connectivity index (χ1) is 11.0. The fourth-order valence-electron chi connectivity index (χ4n) is 2.08. The number of anilines is 1. The van der Waals surface area contributed by atoms with E-state index in [4.69, 9.17) is 4.74 Å². The highest BCUT2D eigenvalue weighted by Gasteiger charge is 2.08. The lowest BCUT2D eigenvalue weighted by atomic mass is 10.1. The van der Waals surface area contributed by atoms with E-state index in [0.29, 0.717) is 17.5 Å². The molecule has 5 heteroatoms. The lowest BCUT2D eigenvalue weighted by Crippen LogP contribution is -2.14. The smallest absolute Gasteiger partial charge is 0.224 e. The molecule has 0 fully saturated rings. The van der Waals surface area contributed by atoms with Gasteiger partial charge in [0, 0.05) is 10.9 Å². The molecule has 0 atom stereocenters. The van der Waals surface area contributed by atoms with Gasteiger partial charge in [-0.05, 0) is 55.7 Å². The number of rotatable bonds is 6. The summed E-state index contributed by atoms with van der Waals surface area (Å²) in [6.07, 6.45) is 0.845. The summed E-state index contributed by atoms with van der Waals surface area (Å²) < 4.78 is 20.0. The van der Waals surface area contributed by atoms with E-state index in [0.717, 1.165) is 16.9 Å². The molecule has 0 radical (unpaired) electrons. The van der Waals surface area contributed by atoms with Crippen molar-refractivity contribution >= 4 is 27.5 Å². The predicted molar refractivity (Wildman–Crippen MR) is 93.4 cm³/mol. The van der Waals surface area contributed by atoms with Crippen LogP contribution in [0.25, 0.3) is 0 Å². The second kappa shape index (κ2) is 8.11. The van der Waals surface area contributed by atoms with Crippen LogP contribution in [0.3, 0.4) is 0 Å². The van der Waals surface area contributed by atoms with Crippen molar-refractivity contribution in [1.29, 1.82) is 0 Å². The van der Waals surface area contributed by atoms with Gasteiger partial charge in [0.1, 0.15) is 11.6 Å². The van der Waals surface area contributed by atoms with Crippen molar-refractivity contribution in [1.82, 2.24) is 0 Å². The van der Waals surface area contributed by atoms with Gasteiger partial charge in [-0.2, -0.15) is 0 Å². The summed E-state index contributed by atoms with van der Waals surface area (Å²) in [5.74, 6) is 0.152. The van der Waals surface area contributed by atoms with E-state index < -0.39 is 5.82 Å². The third-order valence-electron chi connectivity index (χ3n) is 3.35. The number of carbonyl (C=O) groups is 1. The summed E-state index contributed by atoms with van der Waals surface area (Å²) in [5, 5.41) is 2.57. The molecule has 0 heterocycles. The molecule has 0 aliphatic heterocycles. The van der Waals surface area contributed by atoms with Gasteiger partial charge >= 0.3 is 0 Å². The van der Waals surface area contributed by atoms with Crippen LogP contribution in [0, 0.1) is 19.7 Å². The molecule has 0 spiro atoms. The van der Waals surface area contributed by atoms with E-state index in [1.807, 2.05) is 32.0 Å². The number of ether oxygens (including phenoxy) is 1. The van der Waals surface area contributed by atoms with Crippen LogP contribution in [0.15, 0.2) is 40.9 Å². The number of nitrogens with one attached hydrogen (secondary N) is 1. The Hall–Kier alpha value is -1.88. The molecule has 23 heavy (non-hydrogen) atoms. The number of aryl methyl sites for hydroxylation is 2. The van der Waals surface area contributed by atoms with Crippen LogP contribution >= 0.6 is 15.9 Å². The SMILES string of the molecule is Cc1ccc(C)c(OCCCC(=O)Nc2ccc(Br)cc2F)c1. The summed E-state index contributed by atoms with van der Waals surface area (Å²) in [6, 6.07) is 10.5. The molecule has 2 aromatic carbocycles. The van der Waals surface area contributed by atoms with Crippen molar-refractivity contribution in [2.24, 2.45) is 0 Å². The Morgan fingerprint density at radius 1 is 1.22 bits per heavy atom. The van der Waals surface area contributed by atoms with Gasteiger partial charge in [-0.3, -0.25) is 4.79 Å². The van der Waals surface area contributed by atoms with Crippen LogP contribution in [-0.2, 0) is 4.79 Å². The highest BCUT2D eigenvalue weighted by Crippen LogP contribution is 2.20. The number of benzene rings is 2. The Balaban J connectivity index is 1.77. The lowest BCUT2D eigenvalue weighted by molar-refractivity contribution is -0.116. The zero-order valence-electron chi connectivity index (χ0n) is 13.2. The minimum absolute atomic E-state index is 0.189. The maximum Gasteiger partial charge on any atom is 0.224 e. The minimum atomic E-state index is -0.459. The molecule has 1 N–H and O–H groups in total. The summed E-state index contributed by atoms with van der Waals surface area (Å²) >= 11 is 3.18. The highest BCUT2D eigenvalue weighted by atomic mass is 79.9. The maximum absolute atomic E-state index is 13.6. The van der Waals surface area contributed by atoms with E-state index in [9.17, 15) is 9.18 Å². The van der Waals surface area contributed by atoms with Crippen LogP contribution in [0.2, 0.25) is 0 Å². The van der Waals surface area contributed by atoms with Crippen LogP contribution in [0.4, 0.5) is 10.1 Å². The van der Waals surface area contributed by atoms with Gasteiger partial charge in [0.05, 0.1) is 12.3 Å². The van der Waals surface area contributed by atoms with Crippen molar-refractivity contribution in [3.63, 3.8) is 0 Å². The summed E-state index contributed by atoms with van der Waals surface area (Å²) in [5.41, 5.74) is 2.39. The van der Waals surface area contributed by atoms with E-state index in [2.05, 4.69) is 21.2 Å². The first kappa shape index (κ1) is 17.5. The van der Waals surface area contributed by atoms with Crippen molar-refractivity contribution in [2.45, 2.75) is 26.7 Å². The molecule has 0 unspecified atom stereocenters. The molecule has 1 amide bonds. The average molecular weight is 380 g/mol. The van der Waals surface area contributed by atoms with E-state index >= 15 is 0 Å². The molecule has 2 rings (SSSR count). The largest absolute Gasteiger partial charge is 0.493 e. The third kappa shape index (κ3) is 5.36. The fraction of sp³-hybridized carbons (Fsp3) is 0.278. The molecular weight excluding hydrogens is 361 g/mol. The molecule has 0 bridgehead atoms. The highest BCUT2D eigenvalue weighted by molar-refractivity contribution is 9.10. The normalized spacial score (nSPS) is 10.4. The van der Waals surface area contributed by atoms with Gasteiger partial charge in [-0.15, -0.1) is 0 Å². The minimum Gasteiger partial charge on any atom is -0.493 e. The van der Waals surface area contributed by atoms with Crippen molar-refractivity contribution in [2.75, 3.05) is 11.9 Å². The Bertz CT molecular complexity index is 703. The lowest BCUT2D eigenvalue weighted by Gasteiger charge is -2.10. The summed E-state index contributed by atoms with van der Waals surface area (Å²) in [6.45, 7) is 4.44. The molecule has 0 aliphatic carbocycles. The maximum atomic E-state index is 13.6. The van der Waals surface area contributed by atoms with Gasteiger partial charge in [-0.25, -0.2) is 4.39 Å². The number of amides is 1. The number of hydrogen-bond donors (Lipinski definition) is 1. The molecule has 0 saturated carbocycles. The second-order valence-corrected chi connectivity index (χ2v) is 6.31. The van der Waals surface area contributed by atoms with Crippen LogP contribution < -0.4 is 10.1 Å². The Labute approximate surface area is 144 Å². The van der Waals surface area contributed by atoms with E-state index in [1.54, 1.807) is 6.07 Å². The first-order valence-electron chi connectivity index (χ1n) is 7.40. The van der Waals surface area contributed by atoms with Crippen LogP contribution in [0.1, 0.15) is 24.0 Å². The Morgan fingerprint density at radius 2 is 2.00 bits per heavy atom. The monoisotopic (exact) mass is 379 g/mol. The van der Waals surface area contributed by atoms with Gasteiger partial charge < -0.3 is 10.1 Å². The second-order valence-electron chi connectivity index (χ2n) is 5.39. The molecule has 122 valence electrons. The zero-order valence-corrected chi connectivity index (χ0v) is 14.7. The van der Waals surface area contributed by atoms with Crippen LogP contribution in [-0.4, -0.2) is 12.5 Å². The zero-order chi connectivity index (χ0) is 16.8. The topological polar surface area (TPSA) is 38.3 Å². The van der Waals surface area contributed by atoms with E-state index in [-0.39, 0.29) is 18.0 Å². The molecule has 3 nitrogen and oxygen atoms in total. The fourth-order valence-corrected chi connectivity index (χ4v) is 2.41. The summed E-state index contributed by atoms with van der Waals surface area (Å²) in [7, 11) is 0. The Morgan fingerprint density at radius 3 is 2.74 bits per heavy atom. The van der Waals surface area contributed by atoms with Crippen molar-refractivity contribution in [3.8, 4) is 5.75 Å². The molecule has 0 aliphatic rings. The van der Waals surface area contributed by atoms with Crippen molar-refractivity contribution < 1.29 is 13.9 Å². The van der Waals surface area contributed by atoms with Crippen LogP contribution in [0.5, 0.6) is 5.75 Å². The van der Waals surface area contributed by atoms with Gasteiger partial charge in [0.25, 0.3) is 0 Å². The predicted octanol–water partition coefficient (Wildman–Crippen LogP) is 5.00. The molecule has 0 aromatic heterocycles. The van der Waals surface area contributed by atoms with Gasteiger partial charge in [-0.1, -0.05) is 28.1 Å². The molecule has 0 saturated heterocycles. The summed E-state index contributed by atoms with van der Waals surface area (Å²) in [4.78, 5) is 11.8. The standard InChI is InChI=1S/C18H19BrFNO2/c1-12-5-6-13(2)17(10-12)23-9-3-4-18(22)21-16-8-7-14(19)11-15(16)20/h5-8,10-11H,3-4,9H2,1-2H3,(H,21,22). The van der Waals surface area contributed by atoms with E-state index in [1.165, 1.54) is 12.1 Å². The molecular formula is C18H19BrFNO2. The number of carbonyl (C=O) groups excluding carboxylic acids is 1. The van der Waals surface area contributed by atoms with Gasteiger partial charge in [0.2, 0.25) is 5.91 Å². The van der Waals surface area contributed by atoms with Gasteiger partial charge in [0.15, 0.2) is 0 Å².